The van der Waals surface area contributed by atoms with Gasteiger partial charge in [0.1, 0.15) is 0 Å². The zero-order valence-electron chi connectivity index (χ0n) is 8.97. The van der Waals surface area contributed by atoms with Gasteiger partial charge >= 0.3 is 5.97 Å². The molecule has 0 unspecified atom stereocenters. The number of carbonyl (C=O) groups is 1. The predicted octanol–water partition coefficient (Wildman–Crippen LogP) is 3.01. The SMILES string of the molecule is Cc1cc(C)c(C=C(F)C(=O)O)cc1C. The minimum atomic E-state index is -1.53. The summed E-state index contributed by atoms with van der Waals surface area (Å²) in [4.78, 5) is 10.3. The molecule has 0 saturated heterocycles. The Kier molecular flexibility index (Phi) is 3.24. The van der Waals surface area contributed by atoms with Crippen LogP contribution in [0.2, 0.25) is 0 Å². The monoisotopic (exact) mass is 208 g/mol. The van der Waals surface area contributed by atoms with Crippen LogP contribution in [0.1, 0.15) is 22.3 Å². The smallest absolute Gasteiger partial charge is 0.364 e. The first kappa shape index (κ1) is 11.4. The van der Waals surface area contributed by atoms with Crippen molar-refractivity contribution in [3.8, 4) is 0 Å². The first-order chi connectivity index (χ1) is 6.91. The molecule has 1 aromatic carbocycles. The topological polar surface area (TPSA) is 37.3 Å². The number of hydrogen-bond donors (Lipinski definition) is 1. The average molecular weight is 208 g/mol. The van der Waals surface area contributed by atoms with Crippen LogP contribution in [0, 0.1) is 20.8 Å². The van der Waals surface area contributed by atoms with Gasteiger partial charge in [-0.1, -0.05) is 12.1 Å². The van der Waals surface area contributed by atoms with Crippen molar-refractivity contribution in [3.63, 3.8) is 0 Å². The van der Waals surface area contributed by atoms with Crippen molar-refractivity contribution in [1.82, 2.24) is 0 Å². The maximum absolute atomic E-state index is 12.9. The number of benzene rings is 1. The van der Waals surface area contributed by atoms with Crippen LogP contribution in [0.15, 0.2) is 18.0 Å². The van der Waals surface area contributed by atoms with Crippen molar-refractivity contribution >= 4 is 12.0 Å². The highest BCUT2D eigenvalue weighted by atomic mass is 19.1. The normalized spacial score (nSPS) is 11.6. The summed E-state index contributed by atoms with van der Waals surface area (Å²) >= 11 is 0. The molecule has 0 aliphatic carbocycles. The maximum atomic E-state index is 12.9. The molecule has 2 nitrogen and oxygen atoms in total. The summed E-state index contributed by atoms with van der Waals surface area (Å²) in [5.74, 6) is -2.67. The van der Waals surface area contributed by atoms with Crippen molar-refractivity contribution in [2.24, 2.45) is 0 Å². The van der Waals surface area contributed by atoms with E-state index in [1.807, 2.05) is 26.8 Å². The number of aliphatic carboxylic acids is 1. The first-order valence-electron chi connectivity index (χ1n) is 4.60. The number of carboxylic acid groups (broad SMARTS) is 1. The molecule has 0 bridgehead atoms. The molecule has 15 heavy (non-hydrogen) atoms. The summed E-state index contributed by atoms with van der Waals surface area (Å²) in [6.45, 7) is 5.70. The number of aryl methyl sites for hydroxylation is 3. The van der Waals surface area contributed by atoms with E-state index in [1.54, 1.807) is 6.07 Å². The summed E-state index contributed by atoms with van der Waals surface area (Å²) in [7, 11) is 0. The predicted molar refractivity (Wildman–Crippen MR) is 57.4 cm³/mol. The third-order valence-corrected chi connectivity index (χ3v) is 2.37. The standard InChI is InChI=1S/C12H13FO2/c1-7-4-9(3)10(5-8(7)2)6-11(13)12(14)15/h4-6H,1-3H3,(H,14,15). The fourth-order valence-corrected chi connectivity index (χ4v) is 1.34. The highest BCUT2D eigenvalue weighted by Crippen LogP contribution is 2.18. The van der Waals surface area contributed by atoms with E-state index in [-0.39, 0.29) is 0 Å². The Bertz CT molecular complexity index is 433. The van der Waals surface area contributed by atoms with E-state index in [4.69, 9.17) is 5.11 Å². The zero-order chi connectivity index (χ0) is 11.6. The molecule has 1 N–H and O–H groups in total. The Morgan fingerprint density at radius 1 is 1.20 bits per heavy atom. The molecular formula is C12H13FO2. The lowest BCUT2D eigenvalue weighted by Crippen LogP contribution is -1.95. The Balaban J connectivity index is 3.22. The van der Waals surface area contributed by atoms with E-state index in [9.17, 15) is 9.18 Å². The molecule has 0 aromatic heterocycles. The highest BCUT2D eigenvalue weighted by Gasteiger charge is 2.07. The van der Waals surface area contributed by atoms with E-state index < -0.39 is 11.8 Å². The summed E-state index contributed by atoms with van der Waals surface area (Å²) in [6, 6.07) is 3.70. The van der Waals surface area contributed by atoms with E-state index in [0.29, 0.717) is 5.56 Å². The lowest BCUT2D eigenvalue weighted by molar-refractivity contribution is -0.134. The van der Waals surface area contributed by atoms with Gasteiger partial charge in [-0.25, -0.2) is 4.79 Å². The average Bonchev–Trinajstić information content (AvgIpc) is 2.13. The molecule has 0 aliphatic rings. The molecule has 80 valence electrons. The van der Waals surface area contributed by atoms with Crippen molar-refractivity contribution < 1.29 is 14.3 Å². The minimum Gasteiger partial charge on any atom is -0.476 e. The fourth-order valence-electron chi connectivity index (χ4n) is 1.34. The van der Waals surface area contributed by atoms with Crippen LogP contribution < -0.4 is 0 Å². The van der Waals surface area contributed by atoms with Crippen LogP contribution in [0.3, 0.4) is 0 Å². The number of halogens is 1. The molecular weight excluding hydrogens is 195 g/mol. The van der Waals surface area contributed by atoms with Gasteiger partial charge in [-0.2, -0.15) is 4.39 Å². The third kappa shape index (κ3) is 2.65. The van der Waals surface area contributed by atoms with Gasteiger partial charge in [-0.15, -0.1) is 0 Å². The van der Waals surface area contributed by atoms with Crippen LogP contribution in [-0.2, 0) is 4.79 Å². The summed E-state index contributed by atoms with van der Waals surface area (Å²) in [5, 5.41) is 8.41. The molecule has 3 heteroatoms. The van der Waals surface area contributed by atoms with Gasteiger partial charge in [0, 0.05) is 0 Å². The van der Waals surface area contributed by atoms with Gasteiger partial charge in [0.2, 0.25) is 5.83 Å². The molecule has 0 spiro atoms. The van der Waals surface area contributed by atoms with Crippen LogP contribution in [0.5, 0.6) is 0 Å². The van der Waals surface area contributed by atoms with Crippen molar-refractivity contribution in [2.45, 2.75) is 20.8 Å². The first-order valence-corrected chi connectivity index (χ1v) is 4.60. The Morgan fingerprint density at radius 2 is 1.73 bits per heavy atom. The van der Waals surface area contributed by atoms with E-state index in [1.165, 1.54) is 0 Å². The number of rotatable bonds is 2. The fraction of sp³-hybridized carbons (Fsp3) is 0.250. The second-order valence-electron chi connectivity index (χ2n) is 3.59. The molecule has 0 amide bonds. The Morgan fingerprint density at radius 3 is 2.27 bits per heavy atom. The van der Waals surface area contributed by atoms with Gasteiger partial charge in [-0.3, -0.25) is 0 Å². The van der Waals surface area contributed by atoms with Crippen LogP contribution in [-0.4, -0.2) is 11.1 Å². The quantitative estimate of drug-likeness (QED) is 0.758. The molecule has 0 atom stereocenters. The second-order valence-corrected chi connectivity index (χ2v) is 3.59. The summed E-state index contributed by atoms with van der Waals surface area (Å²) < 4.78 is 12.9. The van der Waals surface area contributed by atoms with Gasteiger partial charge in [0.15, 0.2) is 0 Å². The molecule has 0 fully saturated rings. The molecule has 0 radical (unpaired) electrons. The molecule has 1 rings (SSSR count). The van der Waals surface area contributed by atoms with Crippen LogP contribution in [0.4, 0.5) is 4.39 Å². The van der Waals surface area contributed by atoms with Gasteiger partial charge < -0.3 is 5.11 Å². The third-order valence-electron chi connectivity index (χ3n) is 2.37. The van der Waals surface area contributed by atoms with Crippen molar-refractivity contribution in [2.75, 3.05) is 0 Å². The largest absolute Gasteiger partial charge is 0.476 e. The van der Waals surface area contributed by atoms with Crippen LogP contribution in [0.25, 0.3) is 6.08 Å². The Hall–Kier alpha value is -1.64. The van der Waals surface area contributed by atoms with Gasteiger partial charge in [0.05, 0.1) is 0 Å². The molecule has 0 saturated carbocycles. The van der Waals surface area contributed by atoms with Crippen molar-refractivity contribution in [3.05, 3.63) is 40.2 Å². The molecule has 0 heterocycles. The lowest BCUT2D eigenvalue weighted by atomic mass is 10.0. The van der Waals surface area contributed by atoms with Gasteiger partial charge in [0.25, 0.3) is 0 Å². The highest BCUT2D eigenvalue weighted by molar-refractivity contribution is 5.89. The summed E-state index contributed by atoms with van der Waals surface area (Å²) in [6.07, 6.45) is 1.05. The molecule has 1 aromatic rings. The van der Waals surface area contributed by atoms with E-state index in [2.05, 4.69) is 0 Å². The van der Waals surface area contributed by atoms with Crippen molar-refractivity contribution in [1.29, 1.82) is 0 Å². The van der Waals surface area contributed by atoms with Crippen LogP contribution >= 0.6 is 0 Å². The molecule has 0 aliphatic heterocycles. The summed E-state index contributed by atoms with van der Waals surface area (Å²) in [5.41, 5.74) is 3.61. The maximum Gasteiger partial charge on any atom is 0.364 e. The van der Waals surface area contributed by atoms with E-state index >= 15 is 0 Å². The lowest BCUT2D eigenvalue weighted by Gasteiger charge is -2.05. The van der Waals surface area contributed by atoms with Gasteiger partial charge in [-0.05, 0) is 49.1 Å². The Labute approximate surface area is 88.1 Å². The van der Waals surface area contributed by atoms with E-state index in [0.717, 1.165) is 22.8 Å². The minimum absolute atomic E-state index is 0.609. The zero-order valence-corrected chi connectivity index (χ0v) is 8.97. The number of carboxylic acids is 1. The number of hydrogen-bond acceptors (Lipinski definition) is 1. The second kappa shape index (κ2) is 4.26.